The second-order valence-electron chi connectivity index (χ2n) is 6.88. The molecule has 3 rings (SSSR count). The highest BCUT2D eigenvalue weighted by atomic mass is 127. The van der Waals surface area contributed by atoms with Crippen LogP contribution >= 0.6 is 24.0 Å². The Labute approximate surface area is 199 Å². The number of nitrogens with one attached hydrogen (secondary N) is 3. The van der Waals surface area contributed by atoms with Gasteiger partial charge in [0, 0.05) is 63.2 Å². The van der Waals surface area contributed by atoms with Gasteiger partial charge in [-0.2, -0.15) is 0 Å². The van der Waals surface area contributed by atoms with Gasteiger partial charge in [0.25, 0.3) is 5.91 Å². The van der Waals surface area contributed by atoms with Crippen molar-refractivity contribution in [3.05, 3.63) is 42.4 Å². The highest BCUT2D eigenvalue weighted by Gasteiger charge is 2.24. The van der Waals surface area contributed by atoms with E-state index >= 15 is 0 Å². The van der Waals surface area contributed by atoms with E-state index in [1.54, 1.807) is 33.4 Å². The summed E-state index contributed by atoms with van der Waals surface area (Å²) in [6.07, 6.45) is 2.46. The number of hydrogen-bond donors (Lipinski definition) is 3. The number of carbonyl (C=O) groups excluding carboxylic acids is 1. The number of aliphatic imine (C=N–C) groups is 1. The zero-order valence-electron chi connectivity index (χ0n) is 18.0. The standard InChI is InChI=1S/C21H29N5O4.HI/c1-22-21(24-8-7-23-20(27)19-5-4-10-30-19)25-15-6-9-26(14-15)16-11-17(28-2)13-18(12-16)29-3;/h4-5,10-13,15H,6-9,14H2,1-3H3,(H,23,27)(H2,22,24,25);1H. The van der Waals surface area contributed by atoms with Crippen LogP contribution in [0, 0.1) is 0 Å². The van der Waals surface area contributed by atoms with Crippen molar-refractivity contribution in [3.8, 4) is 11.5 Å². The van der Waals surface area contributed by atoms with Crippen molar-refractivity contribution in [2.24, 2.45) is 4.99 Å². The SMILES string of the molecule is CN=C(NCCNC(=O)c1ccco1)NC1CCN(c2cc(OC)cc(OC)c2)C1.I. The molecule has 10 heteroatoms. The number of ether oxygens (including phenoxy) is 2. The van der Waals surface area contributed by atoms with Crippen molar-refractivity contribution >= 4 is 41.5 Å². The van der Waals surface area contributed by atoms with Gasteiger partial charge < -0.3 is 34.7 Å². The highest BCUT2D eigenvalue weighted by Crippen LogP contribution is 2.30. The molecule has 1 saturated heterocycles. The van der Waals surface area contributed by atoms with E-state index in [0.29, 0.717) is 24.8 Å². The summed E-state index contributed by atoms with van der Waals surface area (Å²) in [7, 11) is 5.04. The van der Waals surface area contributed by atoms with Gasteiger partial charge in [-0.25, -0.2) is 0 Å². The average molecular weight is 543 g/mol. The molecule has 1 fully saturated rings. The van der Waals surface area contributed by atoms with Crippen LogP contribution in [0.1, 0.15) is 17.0 Å². The molecule has 0 bridgehead atoms. The number of carbonyl (C=O) groups is 1. The number of halogens is 1. The lowest BCUT2D eigenvalue weighted by Crippen LogP contribution is -2.46. The van der Waals surface area contributed by atoms with Crippen LogP contribution in [0.4, 0.5) is 5.69 Å². The third-order valence-electron chi connectivity index (χ3n) is 4.90. The number of guanidine groups is 1. The van der Waals surface area contributed by atoms with Crippen LogP contribution in [0.2, 0.25) is 0 Å². The van der Waals surface area contributed by atoms with Gasteiger partial charge in [0.15, 0.2) is 11.7 Å². The monoisotopic (exact) mass is 543 g/mol. The molecule has 2 heterocycles. The van der Waals surface area contributed by atoms with Crippen LogP contribution in [0.25, 0.3) is 0 Å². The van der Waals surface area contributed by atoms with E-state index in [2.05, 4.69) is 25.8 Å². The Morgan fingerprint density at radius 3 is 2.52 bits per heavy atom. The number of anilines is 1. The van der Waals surface area contributed by atoms with Gasteiger partial charge >= 0.3 is 0 Å². The Balaban J connectivity index is 0.00000341. The number of amides is 1. The van der Waals surface area contributed by atoms with Crippen LogP contribution in [-0.2, 0) is 0 Å². The van der Waals surface area contributed by atoms with Gasteiger partial charge in [-0.1, -0.05) is 0 Å². The van der Waals surface area contributed by atoms with Crippen LogP contribution in [0.3, 0.4) is 0 Å². The fourth-order valence-corrected chi connectivity index (χ4v) is 3.33. The molecule has 3 N–H and O–H groups in total. The molecule has 1 aromatic carbocycles. The lowest BCUT2D eigenvalue weighted by Gasteiger charge is -2.21. The fraction of sp³-hybridized carbons (Fsp3) is 0.429. The van der Waals surface area contributed by atoms with E-state index in [1.807, 2.05) is 18.2 Å². The van der Waals surface area contributed by atoms with Crippen LogP contribution < -0.4 is 30.3 Å². The second-order valence-corrected chi connectivity index (χ2v) is 6.88. The van der Waals surface area contributed by atoms with E-state index in [-0.39, 0.29) is 35.9 Å². The predicted octanol–water partition coefficient (Wildman–Crippen LogP) is 2.09. The van der Waals surface area contributed by atoms with Gasteiger partial charge in [-0.05, 0) is 18.6 Å². The fourth-order valence-electron chi connectivity index (χ4n) is 3.33. The maximum absolute atomic E-state index is 11.9. The van der Waals surface area contributed by atoms with Crippen LogP contribution in [-0.4, -0.2) is 65.4 Å². The summed E-state index contributed by atoms with van der Waals surface area (Å²) in [6.45, 7) is 2.77. The quantitative estimate of drug-likeness (QED) is 0.203. The maximum Gasteiger partial charge on any atom is 0.287 e. The topological polar surface area (TPSA) is 100 Å². The minimum Gasteiger partial charge on any atom is -0.497 e. The van der Waals surface area contributed by atoms with Crippen LogP contribution in [0.5, 0.6) is 11.5 Å². The molecule has 9 nitrogen and oxygen atoms in total. The van der Waals surface area contributed by atoms with E-state index in [1.165, 1.54) is 6.26 Å². The largest absolute Gasteiger partial charge is 0.497 e. The Morgan fingerprint density at radius 1 is 1.19 bits per heavy atom. The number of benzene rings is 1. The molecule has 170 valence electrons. The zero-order chi connectivity index (χ0) is 21.3. The molecule has 1 aliphatic heterocycles. The lowest BCUT2D eigenvalue weighted by atomic mass is 10.2. The summed E-state index contributed by atoms with van der Waals surface area (Å²) in [5.41, 5.74) is 1.07. The Hall–Kier alpha value is -2.63. The molecule has 1 amide bonds. The maximum atomic E-state index is 11.9. The second kappa shape index (κ2) is 12.3. The number of rotatable bonds is 8. The summed E-state index contributed by atoms with van der Waals surface area (Å²) < 4.78 is 15.8. The normalized spacial score (nSPS) is 15.8. The van der Waals surface area contributed by atoms with Gasteiger partial charge in [0.1, 0.15) is 11.5 Å². The average Bonchev–Trinajstić information content (AvgIpc) is 3.47. The number of furan rings is 1. The number of nitrogens with zero attached hydrogens (tertiary/aromatic N) is 2. The van der Waals surface area contributed by atoms with Gasteiger partial charge in [-0.3, -0.25) is 9.79 Å². The zero-order valence-corrected chi connectivity index (χ0v) is 20.3. The minimum absolute atomic E-state index is 0. The Morgan fingerprint density at radius 2 is 1.90 bits per heavy atom. The molecule has 1 aliphatic rings. The third kappa shape index (κ3) is 6.94. The first kappa shape index (κ1) is 24.6. The lowest BCUT2D eigenvalue weighted by molar-refractivity contribution is 0.0926. The molecule has 1 atom stereocenters. The van der Waals surface area contributed by atoms with Crippen molar-refractivity contribution in [3.63, 3.8) is 0 Å². The number of methoxy groups -OCH3 is 2. The minimum atomic E-state index is -0.232. The first-order valence-corrected chi connectivity index (χ1v) is 9.90. The van der Waals surface area contributed by atoms with Crippen LogP contribution in [0.15, 0.2) is 46.0 Å². The molecule has 2 aromatic rings. The molecule has 0 radical (unpaired) electrons. The van der Waals surface area contributed by atoms with E-state index in [4.69, 9.17) is 13.9 Å². The van der Waals surface area contributed by atoms with E-state index in [9.17, 15) is 4.79 Å². The molecule has 0 saturated carbocycles. The molecular formula is C21H30IN5O4. The first-order valence-electron chi connectivity index (χ1n) is 9.90. The molecule has 0 spiro atoms. The molecule has 1 unspecified atom stereocenters. The molecule has 0 aliphatic carbocycles. The Kier molecular flexibility index (Phi) is 9.76. The third-order valence-corrected chi connectivity index (χ3v) is 4.90. The van der Waals surface area contributed by atoms with Gasteiger partial charge in [0.05, 0.1) is 20.5 Å². The molecule has 31 heavy (non-hydrogen) atoms. The summed E-state index contributed by atoms with van der Waals surface area (Å²) in [6, 6.07) is 9.47. The van der Waals surface area contributed by atoms with E-state index in [0.717, 1.165) is 36.7 Å². The summed E-state index contributed by atoms with van der Waals surface area (Å²) in [5.74, 6) is 2.32. The molecule has 1 aromatic heterocycles. The van der Waals surface area contributed by atoms with Gasteiger partial charge in [-0.15, -0.1) is 24.0 Å². The van der Waals surface area contributed by atoms with Crippen molar-refractivity contribution in [2.45, 2.75) is 12.5 Å². The van der Waals surface area contributed by atoms with Gasteiger partial charge in [0.2, 0.25) is 0 Å². The Bertz CT molecular complexity index is 837. The smallest absolute Gasteiger partial charge is 0.287 e. The summed E-state index contributed by atoms with van der Waals surface area (Å²) in [5, 5.41) is 9.46. The van der Waals surface area contributed by atoms with Crippen molar-refractivity contribution in [1.29, 1.82) is 0 Å². The van der Waals surface area contributed by atoms with E-state index < -0.39 is 0 Å². The highest BCUT2D eigenvalue weighted by molar-refractivity contribution is 14.0. The predicted molar refractivity (Wildman–Crippen MR) is 131 cm³/mol. The summed E-state index contributed by atoms with van der Waals surface area (Å²) in [4.78, 5) is 18.4. The molecular weight excluding hydrogens is 513 g/mol. The van der Waals surface area contributed by atoms with Crippen molar-refractivity contribution in [1.82, 2.24) is 16.0 Å². The summed E-state index contributed by atoms with van der Waals surface area (Å²) >= 11 is 0. The van der Waals surface area contributed by atoms with Crippen molar-refractivity contribution < 1.29 is 18.7 Å². The van der Waals surface area contributed by atoms with Crippen molar-refractivity contribution in [2.75, 3.05) is 52.3 Å². The number of hydrogen-bond acceptors (Lipinski definition) is 6. The first-order chi connectivity index (χ1) is 14.6.